The van der Waals surface area contributed by atoms with Crippen molar-refractivity contribution >= 4 is 5.97 Å². The minimum absolute atomic E-state index is 0.170. The molecular formula is C20H19F3O4. The Morgan fingerprint density at radius 2 is 1.93 bits per heavy atom. The van der Waals surface area contributed by atoms with E-state index >= 15 is 0 Å². The van der Waals surface area contributed by atoms with Crippen LogP contribution in [-0.2, 0) is 19.9 Å². The molecule has 27 heavy (non-hydrogen) atoms. The van der Waals surface area contributed by atoms with Gasteiger partial charge in [-0.1, -0.05) is 48.2 Å². The normalized spacial score (nSPS) is 14.3. The molecular weight excluding hydrogens is 361 g/mol. The summed E-state index contributed by atoms with van der Waals surface area (Å²) in [6, 6.07) is 6.48. The minimum atomic E-state index is -5.04. The molecule has 2 atom stereocenters. The summed E-state index contributed by atoms with van der Waals surface area (Å²) in [6.07, 6.45) is -3.14. The van der Waals surface area contributed by atoms with Gasteiger partial charge in [-0.3, -0.25) is 0 Å². The van der Waals surface area contributed by atoms with E-state index in [0.717, 1.165) is 19.2 Å². The third-order valence-electron chi connectivity index (χ3n) is 3.42. The summed E-state index contributed by atoms with van der Waals surface area (Å²) in [5, 5.41) is 9.65. The third kappa shape index (κ3) is 5.89. The van der Waals surface area contributed by atoms with E-state index in [0.29, 0.717) is 0 Å². The van der Waals surface area contributed by atoms with Gasteiger partial charge in [-0.15, -0.1) is 0 Å². The fraction of sp³-hybridized carbons (Fsp3) is 0.350. The number of halogens is 3. The molecule has 0 saturated heterocycles. The van der Waals surface area contributed by atoms with Gasteiger partial charge in [-0.2, -0.15) is 13.2 Å². The Kier molecular flexibility index (Phi) is 8.61. The lowest BCUT2D eigenvalue weighted by atomic mass is 9.93. The van der Waals surface area contributed by atoms with E-state index in [1.165, 1.54) is 18.2 Å². The van der Waals surface area contributed by atoms with Crippen LogP contribution in [0.25, 0.3) is 0 Å². The van der Waals surface area contributed by atoms with Crippen LogP contribution < -0.4 is 0 Å². The number of benzene rings is 1. The van der Waals surface area contributed by atoms with Gasteiger partial charge in [0.05, 0.1) is 6.61 Å². The first kappa shape index (κ1) is 22.3. The summed E-state index contributed by atoms with van der Waals surface area (Å²) >= 11 is 0. The molecule has 0 radical (unpaired) electrons. The number of hydrogen-bond donors (Lipinski definition) is 1. The molecule has 1 N–H and O–H groups in total. The van der Waals surface area contributed by atoms with Crippen molar-refractivity contribution in [3.05, 3.63) is 48.0 Å². The van der Waals surface area contributed by atoms with E-state index in [1.807, 2.05) is 0 Å². The number of rotatable bonds is 6. The third-order valence-corrected chi connectivity index (χ3v) is 3.42. The van der Waals surface area contributed by atoms with E-state index in [2.05, 4.69) is 28.4 Å². The quantitative estimate of drug-likeness (QED) is 0.609. The molecule has 0 unspecified atom stereocenters. The van der Waals surface area contributed by atoms with Gasteiger partial charge in [0.25, 0.3) is 5.60 Å². The molecule has 144 valence electrons. The van der Waals surface area contributed by atoms with Gasteiger partial charge in [0.15, 0.2) is 0 Å². The Morgan fingerprint density at radius 3 is 2.48 bits per heavy atom. The lowest BCUT2D eigenvalue weighted by Gasteiger charge is -2.32. The zero-order valence-corrected chi connectivity index (χ0v) is 14.8. The topological polar surface area (TPSA) is 55.8 Å². The van der Waals surface area contributed by atoms with Gasteiger partial charge < -0.3 is 14.6 Å². The number of methoxy groups -OCH3 is 1. The van der Waals surface area contributed by atoms with Gasteiger partial charge in [-0.25, -0.2) is 4.79 Å². The van der Waals surface area contributed by atoms with Gasteiger partial charge in [0.1, 0.15) is 6.10 Å². The SMILES string of the molecule is C/C=C/C#CC#C[C@H](O)CCOC(=O)[C@@](OC)(c1ccccc1)C(F)(F)F. The van der Waals surface area contributed by atoms with Crippen LogP contribution in [0.3, 0.4) is 0 Å². The van der Waals surface area contributed by atoms with Crippen LogP contribution >= 0.6 is 0 Å². The lowest BCUT2D eigenvalue weighted by molar-refractivity contribution is -0.276. The lowest BCUT2D eigenvalue weighted by Crippen LogP contribution is -2.51. The van der Waals surface area contributed by atoms with Crippen molar-refractivity contribution in [3.8, 4) is 23.7 Å². The van der Waals surface area contributed by atoms with Crippen LogP contribution in [0.4, 0.5) is 13.2 Å². The second kappa shape index (κ2) is 10.4. The molecule has 0 heterocycles. The zero-order valence-electron chi connectivity index (χ0n) is 14.8. The van der Waals surface area contributed by atoms with Crippen molar-refractivity contribution in [1.29, 1.82) is 0 Å². The highest BCUT2D eigenvalue weighted by atomic mass is 19.4. The number of ether oxygens (including phenoxy) is 2. The zero-order chi connectivity index (χ0) is 20.3. The van der Waals surface area contributed by atoms with Crippen LogP contribution in [0.2, 0.25) is 0 Å². The Labute approximate surface area is 156 Å². The van der Waals surface area contributed by atoms with E-state index in [9.17, 15) is 23.1 Å². The first-order valence-electron chi connectivity index (χ1n) is 7.94. The number of hydrogen-bond acceptors (Lipinski definition) is 4. The van der Waals surface area contributed by atoms with E-state index in [-0.39, 0.29) is 6.42 Å². The maximum atomic E-state index is 13.6. The Bertz CT molecular complexity index is 764. The second-order valence-electron chi connectivity index (χ2n) is 5.23. The van der Waals surface area contributed by atoms with Crippen molar-refractivity contribution in [3.63, 3.8) is 0 Å². The molecule has 1 rings (SSSR count). The fourth-order valence-corrected chi connectivity index (χ4v) is 2.10. The number of esters is 1. The highest BCUT2D eigenvalue weighted by molar-refractivity contribution is 5.82. The molecule has 7 heteroatoms. The van der Waals surface area contributed by atoms with E-state index < -0.39 is 36.0 Å². The minimum Gasteiger partial charge on any atom is -0.463 e. The van der Waals surface area contributed by atoms with Crippen LogP contribution in [-0.4, -0.2) is 37.1 Å². The molecule has 0 aliphatic heterocycles. The Hall–Kier alpha value is -2.74. The number of carbonyl (C=O) groups excluding carboxylic acids is 1. The van der Waals surface area contributed by atoms with Crippen molar-refractivity contribution in [2.24, 2.45) is 0 Å². The molecule has 0 aliphatic rings. The maximum Gasteiger partial charge on any atom is 0.432 e. The smallest absolute Gasteiger partial charge is 0.432 e. The van der Waals surface area contributed by atoms with E-state index in [1.54, 1.807) is 19.1 Å². The average Bonchev–Trinajstić information content (AvgIpc) is 2.62. The maximum absolute atomic E-state index is 13.6. The van der Waals surface area contributed by atoms with Crippen LogP contribution in [0, 0.1) is 23.7 Å². The Balaban J connectivity index is 2.84. The summed E-state index contributed by atoms with van der Waals surface area (Å²) < 4.78 is 50.3. The second-order valence-corrected chi connectivity index (χ2v) is 5.23. The highest BCUT2D eigenvalue weighted by Crippen LogP contribution is 2.42. The summed E-state index contributed by atoms with van der Waals surface area (Å²) in [4.78, 5) is 12.2. The number of aliphatic hydroxyl groups is 1. The highest BCUT2D eigenvalue weighted by Gasteiger charge is 2.64. The summed E-state index contributed by atoms with van der Waals surface area (Å²) in [7, 11) is 0.783. The number of alkyl halides is 3. The monoisotopic (exact) mass is 380 g/mol. The van der Waals surface area contributed by atoms with Gasteiger partial charge >= 0.3 is 12.1 Å². The van der Waals surface area contributed by atoms with Crippen molar-refractivity contribution < 1.29 is 32.5 Å². The van der Waals surface area contributed by atoms with Gasteiger partial charge in [0, 0.05) is 19.1 Å². The molecule has 0 spiro atoms. The molecule has 1 aromatic rings. The van der Waals surface area contributed by atoms with Gasteiger partial charge in [-0.05, 0) is 24.8 Å². The summed E-state index contributed by atoms with van der Waals surface area (Å²) in [5.74, 6) is 8.20. The molecule has 0 fully saturated rings. The predicted molar refractivity (Wildman–Crippen MR) is 93.1 cm³/mol. The van der Waals surface area contributed by atoms with Crippen molar-refractivity contribution in [1.82, 2.24) is 0 Å². The predicted octanol–water partition coefficient (Wildman–Crippen LogP) is 2.97. The van der Waals surface area contributed by atoms with Crippen molar-refractivity contribution in [2.75, 3.05) is 13.7 Å². The number of allylic oxidation sites excluding steroid dienone is 2. The summed E-state index contributed by atoms with van der Waals surface area (Å²) in [5.41, 5.74) is -3.65. The van der Waals surface area contributed by atoms with E-state index in [4.69, 9.17) is 4.74 Å². The fourth-order valence-electron chi connectivity index (χ4n) is 2.10. The molecule has 0 aromatic heterocycles. The van der Waals surface area contributed by atoms with Gasteiger partial charge in [0.2, 0.25) is 0 Å². The number of aliphatic hydroxyl groups excluding tert-OH is 1. The molecule has 0 bridgehead atoms. The molecule has 1 aromatic carbocycles. The first-order chi connectivity index (χ1) is 12.8. The largest absolute Gasteiger partial charge is 0.463 e. The standard InChI is InChI=1S/C20H19F3O4/c1-3-4-5-6-10-13-17(24)14-15-27-18(25)19(26-2,20(21,22)23)16-11-8-7-9-12-16/h3-4,7-9,11-12,17,24H,14-15H2,1-2H3/b4-3+/t17-,19-/m0/s1. The van der Waals surface area contributed by atoms with Crippen LogP contribution in [0.1, 0.15) is 18.9 Å². The van der Waals surface area contributed by atoms with Crippen LogP contribution in [0.15, 0.2) is 42.5 Å². The molecule has 4 nitrogen and oxygen atoms in total. The molecule has 0 saturated carbocycles. The Morgan fingerprint density at radius 1 is 1.26 bits per heavy atom. The average molecular weight is 380 g/mol. The molecule has 0 aliphatic carbocycles. The first-order valence-corrected chi connectivity index (χ1v) is 7.94. The van der Waals surface area contributed by atoms with Crippen molar-refractivity contribution in [2.45, 2.75) is 31.2 Å². The summed E-state index contributed by atoms with van der Waals surface area (Å²) in [6.45, 7) is 1.31. The van der Waals surface area contributed by atoms with Crippen LogP contribution in [0.5, 0.6) is 0 Å². The number of carbonyl (C=O) groups is 1. The molecule has 0 amide bonds.